The molecule has 2 fully saturated rings. The van der Waals surface area contributed by atoms with Crippen molar-refractivity contribution in [3.05, 3.63) is 39.9 Å². The molecule has 1 aliphatic carbocycles. The normalized spacial score (nSPS) is 24.6. The molecule has 3 aliphatic rings. The number of carbonyl (C=O) groups excluding carboxylic acids is 1. The summed E-state index contributed by atoms with van der Waals surface area (Å²) in [5.41, 5.74) is 1.67. The SMILES string of the molecule is O=C(NC1CCCCCC1)c1nnsc1N1C[C@@H]2C[C@@H](C1)c1cccc(=O)n1C2. The van der Waals surface area contributed by atoms with Gasteiger partial charge in [0.05, 0.1) is 0 Å². The number of nitrogens with one attached hydrogen (secondary N) is 1. The zero-order chi connectivity index (χ0) is 19.8. The Kier molecular flexibility index (Phi) is 5.11. The highest BCUT2D eigenvalue weighted by Crippen LogP contribution is 2.38. The summed E-state index contributed by atoms with van der Waals surface area (Å²) in [5.74, 6) is 0.616. The topological polar surface area (TPSA) is 80.1 Å². The lowest BCUT2D eigenvalue weighted by Gasteiger charge is -2.43. The van der Waals surface area contributed by atoms with Crippen LogP contribution in [0.2, 0.25) is 0 Å². The molecule has 8 heteroatoms. The minimum Gasteiger partial charge on any atom is -0.359 e. The largest absolute Gasteiger partial charge is 0.359 e. The number of rotatable bonds is 3. The average Bonchev–Trinajstić information content (AvgIpc) is 3.08. The van der Waals surface area contributed by atoms with Crippen molar-refractivity contribution in [1.82, 2.24) is 19.5 Å². The second-order valence-corrected chi connectivity index (χ2v) is 9.42. The first-order valence-electron chi connectivity index (χ1n) is 10.8. The van der Waals surface area contributed by atoms with Crippen molar-refractivity contribution in [2.75, 3.05) is 18.0 Å². The Balaban J connectivity index is 1.35. The Morgan fingerprint density at radius 2 is 1.93 bits per heavy atom. The van der Waals surface area contributed by atoms with Gasteiger partial charge in [-0.1, -0.05) is 36.2 Å². The van der Waals surface area contributed by atoms with Crippen molar-refractivity contribution in [3.8, 4) is 0 Å². The molecule has 2 aromatic rings. The predicted octanol–water partition coefficient (Wildman–Crippen LogP) is 2.78. The van der Waals surface area contributed by atoms with Crippen molar-refractivity contribution in [1.29, 1.82) is 0 Å². The van der Waals surface area contributed by atoms with E-state index >= 15 is 0 Å². The number of fused-ring (bicyclic) bond motifs is 4. The molecular weight excluding hydrogens is 386 g/mol. The molecule has 7 nitrogen and oxygen atoms in total. The number of aromatic nitrogens is 3. The summed E-state index contributed by atoms with van der Waals surface area (Å²) in [7, 11) is 0. The lowest BCUT2D eigenvalue weighted by Crippen LogP contribution is -2.47. The molecular formula is C21H27N5O2S. The molecule has 1 amide bonds. The molecule has 0 spiro atoms. The second kappa shape index (κ2) is 7.89. The molecule has 29 heavy (non-hydrogen) atoms. The maximum Gasteiger partial charge on any atom is 0.275 e. The molecule has 2 aliphatic heterocycles. The maximum absolute atomic E-state index is 13.0. The minimum atomic E-state index is -0.0898. The van der Waals surface area contributed by atoms with E-state index in [4.69, 9.17) is 0 Å². The lowest BCUT2D eigenvalue weighted by atomic mass is 9.83. The van der Waals surface area contributed by atoms with Crippen LogP contribution in [-0.4, -0.2) is 39.2 Å². The Labute approximate surface area is 174 Å². The number of piperidine rings is 1. The highest BCUT2D eigenvalue weighted by molar-refractivity contribution is 7.10. The predicted molar refractivity (Wildman–Crippen MR) is 113 cm³/mol. The van der Waals surface area contributed by atoms with Crippen LogP contribution >= 0.6 is 11.5 Å². The van der Waals surface area contributed by atoms with Gasteiger partial charge in [-0.3, -0.25) is 9.59 Å². The van der Waals surface area contributed by atoms with E-state index in [2.05, 4.69) is 25.9 Å². The Hall–Kier alpha value is -2.22. The number of amides is 1. The number of pyridine rings is 1. The van der Waals surface area contributed by atoms with Crippen molar-refractivity contribution < 1.29 is 4.79 Å². The van der Waals surface area contributed by atoms with Gasteiger partial charge in [-0.05, 0) is 31.2 Å². The van der Waals surface area contributed by atoms with Gasteiger partial charge in [0, 0.05) is 54.9 Å². The van der Waals surface area contributed by atoms with Crippen LogP contribution in [0.5, 0.6) is 0 Å². The zero-order valence-corrected chi connectivity index (χ0v) is 17.4. The fourth-order valence-corrected chi connectivity index (χ4v) is 5.96. The summed E-state index contributed by atoms with van der Waals surface area (Å²) < 4.78 is 6.05. The first-order valence-corrected chi connectivity index (χ1v) is 11.5. The van der Waals surface area contributed by atoms with Gasteiger partial charge in [0.15, 0.2) is 5.69 Å². The number of anilines is 1. The van der Waals surface area contributed by atoms with Crippen LogP contribution in [0.15, 0.2) is 23.0 Å². The van der Waals surface area contributed by atoms with Gasteiger partial charge < -0.3 is 14.8 Å². The molecule has 0 unspecified atom stereocenters. The standard InChI is InChI=1S/C21H27N5O2S/c27-18-9-5-8-17-15-10-14(12-26(17)18)11-25(13-15)21-19(23-24-29-21)20(28)22-16-6-3-1-2-4-7-16/h5,8-9,14-16H,1-4,6-7,10-13H2,(H,22,28)/t14-,15-/m0/s1. The fourth-order valence-electron chi connectivity index (χ4n) is 5.28. The van der Waals surface area contributed by atoms with Gasteiger partial charge in [-0.15, -0.1) is 5.10 Å². The van der Waals surface area contributed by atoms with Crippen molar-refractivity contribution in [3.63, 3.8) is 0 Å². The second-order valence-electron chi connectivity index (χ2n) is 8.69. The van der Waals surface area contributed by atoms with Gasteiger partial charge in [-0.25, -0.2) is 0 Å². The molecule has 0 aromatic carbocycles. The molecule has 5 rings (SSSR count). The zero-order valence-electron chi connectivity index (χ0n) is 16.5. The quantitative estimate of drug-likeness (QED) is 0.783. The van der Waals surface area contributed by atoms with E-state index in [1.54, 1.807) is 6.07 Å². The van der Waals surface area contributed by atoms with Gasteiger partial charge >= 0.3 is 0 Å². The van der Waals surface area contributed by atoms with Gasteiger partial charge in [0.25, 0.3) is 11.5 Å². The van der Waals surface area contributed by atoms with Crippen molar-refractivity contribution in [2.24, 2.45) is 5.92 Å². The summed E-state index contributed by atoms with van der Waals surface area (Å²) in [6.07, 6.45) is 8.09. The first kappa shape index (κ1) is 18.8. The Morgan fingerprint density at radius 3 is 2.76 bits per heavy atom. The molecule has 0 radical (unpaired) electrons. The van der Waals surface area contributed by atoms with Gasteiger partial charge in [0.2, 0.25) is 0 Å². The number of nitrogens with zero attached hydrogens (tertiary/aromatic N) is 4. The van der Waals surface area contributed by atoms with E-state index in [-0.39, 0.29) is 17.5 Å². The van der Waals surface area contributed by atoms with E-state index in [9.17, 15) is 9.59 Å². The molecule has 1 saturated heterocycles. The van der Waals surface area contributed by atoms with Crippen LogP contribution in [0.3, 0.4) is 0 Å². The maximum atomic E-state index is 13.0. The van der Waals surface area contributed by atoms with E-state index in [1.807, 2.05) is 10.6 Å². The van der Waals surface area contributed by atoms with Crippen LogP contribution in [0.25, 0.3) is 0 Å². The molecule has 2 atom stereocenters. The van der Waals surface area contributed by atoms with E-state index < -0.39 is 0 Å². The summed E-state index contributed by atoms with van der Waals surface area (Å²) in [6, 6.07) is 5.81. The number of carbonyl (C=O) groups is 1. The number of hydrogen-bond acceptors (Lipinski definition) is 6. The first-order chi connectivity index (χ1) is 14.2. The van der Waals surface area contributed by atoms with Crippen LogP contribution in [0, 0.1) is 5.92 Å². The number of hydrogen-bond donors (Lipinski definition) is 1. The van der Waals surface area contributed by atoms with Crippen LogP contribution in [0.4, 0.5) is 5.00 Å². The van der Waals surface area contributed by atoms with E-state index in [1.165, 1.54) is 37.2 Å². The molecule has 1 saturated carbocycles. The highest BCUT2D eigenvalue weighted by atomic mass is 32.1. The Morgan fingerprint density at radius 1 is 1.10 bits per heavy atom. The van der Waals surface area contributed by atoms with Gasteiger partial charge in [0.1, 0.15) is 5.00 Å². The van der Waals surface area contributed by atoms with Crippen LogP contribution < -0.4 is 15.8 Å². The van der Waals surface area contributed by atoms with Crippen molar-refractivity contribution in [2.45, 2.75) is 63.5 Å². The lowest BCUT2D eigenvalue weighted by molar-refractivity contribution is 0.0928. The molecule has 154 valence electrons. The third kappa shape index (κ3) is 3.70. The molecule has 4 heterocycles. The van der Waals surface area contributed by atoms with E-state index in [0.717, 1.165) is 49.6 Å². The molecule has 2 aromatic heterocycles. The van der Waals surface area contributed by atoms with Crippen LogP contribution in [0.1, 0.15) is 67.0 Å². The molecule has 1 N–H and O–H groups in total. The van der Waals surface area contributed by atoms with E-state index in [0.29, 0.717) is 17.5 Å². The summed E-state index contributed by atoms with van der Waals surface area (Å²) in [5, 5.41) is 8.27. The summed E-state index contributed by atoms with van der Waals surface area (Å²) in [6.45, 7) is 2.39. The third-order valence-electron chi connectivity index (χ3n) is 6.64. The van der Waals surface area contributed by atoms with Crippen molar-refractivity contribution >= 4 is 22.4 Å². The highest BCUT2D eigenvalue weighted by Gasteiger charge is 2.36. The fraction of sp³-hybridized carbons (Fsp3) is 0.619. The average molecular weight is 414 g/mol. The minimum absolute atomic E-state index is 0.0898. The Bertz CT molecular complexity index is 947. The monoisotopic (exact) mass is 413 g/mol. The van der Waals surface area contributed by atoms with Crippen LogP contribution in [-0.2, 0) is 6.54 Å². The smallest absolute Gasteiger partial charge is 0.275 e. The van der Waals surface area contributed by atoms with Gasteiger partial charge in [-0.2, -0.15) is 0 Å². The third-order valence-corrected chi connectivity index (χ3v) is 7.43. The summed E-state index contributed by atoms with van der Waals surface area (Å²) >= 11 is 1.31. The summed E-state index contributed by atoms with van der Waals surface area (Å²) in [4.78, 5) is 27.5. The molecule has 2 bridgehead atoms.